The first-order valence-corrected chi connectivity index (χ1v) is 16.0. The standard InChI is InChI=1S/C44H27N3/c1-2-13-31-26-32(21-20-28(31)10-1)43-37-18-7-8-19-38(37)45-44(46-43)33-14-9-15-34(27-33)47-39-24-22-29-11-3-5-16-35(29)41(39)42-36-17-6-4-12-30(36)23-25-40(42)47/h1-27H. The number of para-hydroxylation sites is 1. The molecule has 2 heterocycles. The zero-order valence-corrected chi connectivity index (χ0v) is 25.4. The van der Waals surface area contributed by atoms with Crippen molar-refractivity contribution in [3.8, 4) is 28.3 Å². The van der Waals surface area contributed by atoms with Crippen LogP contribution in [0.4, 0.5) is 0 Å². The third-order valence-electron chi connectivity index (χ3n) is 9.53. The molecule has 3 nitrogen and oxygen atoms in total. The van der Waals surface area contributed by atoms with Gasteiger partial charge in [0, 0.05) is 33.0 Å². The average Bonchev–Trinajstić information content (AvgIpc) is 3.50. The minimum absolute atomic E-state index is 0.713. The van der Waals surface area contributed by atoms with Gasteiger partial charge in [0.05, 0.1) is 22.2 Å². The highest BCUT2D eigenvalue weighted by Gasteiger charge is 2.18. The predicted octanol–water partition coefficient (Wildman–Crippen LogP) is 11.5. The number of hydrogen-bond donors (Lipinski definition) is 0. The summed E-state index contributed by atoms with van der Waals surface area (Å²) < 4.78 is 2.40. The van der Waals surface area contributed by atoms with Gasteiger partial charge in [-0.1, -0.05) is 127 Å². The second-order valence-corrected chi connectivity index (χ2v) is 12.2. The van der Waals surface area contributed by atoms with Crippen LogP contribution in [0.25, 0.3) is 93.4 Å². The van der Waals surface area contributed by atoms with Crippen LogP contribution in [0.1, 0.15) is 0 Å². The van der Waals surface area contributed by atoms with Gasteiger partial charge < -0.3 is 4.57 Å². The Morgan fingerprint density at radius 3 is 1.70 bits per heavy atom. The van der Waals surface area contributed by atoms with E-state index in [0.29, 0.717) is 5.82 Å². The number of nitrogens with zero attached hydrogens (tertiary/aromatic N) is 3. The normalized spacial score (nSPS) is 11.8. The van der Waals surface area contributed by atoms with Gasteiger partial charge in [-0.2, -0.15) is 0 Å². The Morgan fingerprint density at radius 2 is 0.979 bits per heavy atom. The molecular formula is C44H27N3. The second kappa shape index (κ2) is 10.1. The maximum atomic E-state index is 5.26. The van der Waals surface area contributed by atoms with Crippen molar-refractivity contribution in [2.45, 2.75) is 0 Å². The Bertz CT molecular complexity index is 2770. The highest BCUT2D eigenvalue weighted by atomic mass is 15.0. The van der Waals surface area contributed by atoms with E-state index in [1.807, 2.05) is 6.07 Å². The summed E-state index contributed by atoms with van der Waals surface area (Å²) in [7, 11) is 0. The fourth-order valence-corrected chi connectivity index (χ4v) is 7.37. The van der Waals surface area contributed by atoms with Crippen LogP contribution in [0.3, 0.4) is 0 Å². The third-order valence-corrected chi connectivity index (χ3v) is 9.53. The largest absolute Gasteiger partial charge is 0.309 e. The molecule has 0 atom stereocenters. The van der Waals surface area contributed by atoms with Crippen molar-refractivity contribution < 1.29 is 0 Å². The lowest BCUT2D eigenvalue weighted by Crippen LogP contribution is -1.98. The van der Waals surface area contributed by atoms with E-state index in [9.17, 15) is 0 Å². The van der Waals surface area contributed by atoms with E-state index in [4.69, 9.17) is 9.97 Å². The molecule has 10 aromatic rings. The molecule has 0 radical (unpaired) electrons. The molecule has 0 N–H and O–H groups in total. The Balaban J connectivity index is 1.22. The van der Waals surface area contributed by atoms with Gasteiger partial charge in [0.25, 0.3) is 0 Å². The summed E-state index contributed by atoms with van der Waals surface area (Å²) in [6.45, 7) is 0. The SMILES string of the molecule is c1cc(-c2nc(-c3ccc4ccccc4c3)c3ccccc3n2)cc(-n2c3ccc4ccccc4c3c3c4ccccc4ccc32)c1. The Labute approximate surface area is 271 Å². The number of hydrogen-bond acceptors (Lipinski definition) is 2. The first-order valence-electron chi connectivity index (χ1n) is 16.0. The van der Waals surface area contributed by atoms with Crippen LogP contribution in [0.5, 0.6) is 0 Å². The highest BCUT2D eigenvalue weighted by molar-refractivity contribution is 6.28. The van der Waals surface area contributed by atoms with Gasteiger partial charge in [-0.15, -0.1) is 0 Å². The zero-order valence-electron chi connectivity index (χ0n) is 25.4. The van der Waals surface area contributed by atoms with Crippen LogP contribution in [-0.4, -0.2) is 14.5 Å². The minimum Gasteiger partial charge on any atom is -0.309 e. The molecule has 0 saturated heterocycles. The molecule has 0 unspecified atom stereocenters. The number of aromatic nitrogens is 3. The first-order chi connectivity index (χ1) is 23.3. The summed E-state index contributed by atoms with van der Waals surface area (Å²) in [5, 5.41) is 11.0. The van der Waals surface area contributed by atoms with Crippen molar-refractivity contribution in [2.24, 2.45) is 0 Å². The smallest absolute Gasteiger partial charge is 0.160 e. The molecule has 47 heavy (non-hydrogen) atoms. The van der Waals surface area contributed by atoms with Crippen molar-refractivity contribution in [2.75, 3.05) is 0 Å². The molecule has 0 aliphatic heterocycles. The molecule has 10 rings (SSSR count). The zero-order chi connectivity index (χ0) is 30.9. The van der Waals surface area contributed by atoms with E-state index in [0.717, 1.165) is 33.4 Å². The topological polar surface area (TPSA) is 30.7 Å². The van der Waals surface area contributed by atoms with Gasteiger partial charge in [0.2, 0.25) is 0 Å². The summed E-state index contributed by atoms with van der Waals surface area (Å²) in [5.74, 6) is 0.713. The minimum atomic E-state index is 0.713. The van der Waals surface area contributed by atoms with Crippen molar-refractivity contribution >= 4 is 65.0 Å². The second-order valence-electron chi connectivity index (χ2n) is 12.2. The van der Waals surface area contributed by atoms with Crippen LogP contribution in [0, 0.1) is 0 Å². The quantitative estimate of drug-likeness (QED) is 0.203. The fourth-order valence-electron chi connectivity index (χ4n) is 7.37. The maximum absolute atomic E-state index is 5.26. The Hall–Kier alpha value is -6.32. The summed E-state index contributed by atoms with van der Waals surface area (Å²) in [6, 6.07) is 58.4. The average molecular weight is 598 g/mol. The molecule has 0 bridgehead atoms. The summed E-state index contributed by atoms with van der Waals surface area (Å²) in [4.78, 5) is 10.4. The first kappa shape index (κ1) is 26.0. The molecule has 218 valence electrons. The molecule has 0 aliphatic rings. The summed E-state index contributed by atoms with van der Waals surface area (Å²) in [6.07, 6.45) is 0. The van der Waals surface area contributed by atoms with Crippen LogP contribution in [-0.2, 0) is 0 Å². The summed E-state index contributed by atoms with van der Waals surface area (Å²) in [5.41, 5.74) is 7.38. The lowest BCUT2D eigenvalue weighted by atomic mass is 10.00. The lowest BCUT2D eigenvalue weighted by molar-refractivity contribution is 1.17. The molecule has 0 spiro atoms. The van der Waals surface area contributed by atoms with Gasteiger partial charge in [-0.05, 0) is 68.7 Å². The molecule has 0 fully saturated rings. The molecule has 0 aliphatic carbocycles. The van der Waals surface area contributed by atoms with Crippen LogP contribution < -0.4 is 0 Å². The van der Waals surface area contributed by atoms with Gasteiger partial charge in [0.15, 0.2) is 5.82 Å². The molecule has 2 aromatic heterocycles. The van der Waals surface area contributed by atoms with E-state index in [2.05, 4.69) is 162 Å². The number of benzene rings is 8. The Kier molecular flexibility index (Phi) is 5.57. The van der Waals surface area contributed by atoms with Crippen molar-refractivity contribution in [1.29, 1.82) is 0 Å². The van der Waals surface area contributed by atoms with E-state index >= 15 is 0 Å². The third kappa shape index (κ3) is 4.00. The van der Waals surface area contributed by atoms with Crippen molar-refractivity contribution in [3.05, 3.63) is 164 Å². The van der Waals surface area contributed by atoms with Crippen LogP contribution >= 0.6 is 0 Å². The van der Waals surface area contributed by atoms with Crippen LogP contribution in [0.2, 0.25) is 0 Å². The van der Waals surface area contributed by atoms with E-state index in [1.165, 1.54) is 54.1 Å². The van der Waals surface area contributed by atoms with E-state index < -0.39 is 0 Å². The van der Waals surface area contributed by atoms with Gasteiger partial charge in [-0.25, -0.2) is 9.97 Å². The highest BCUT2D eigenvalue weighted by Crippen LogP contribution is 2.41. The number of rotatable bonds is 3. The van der Waals surface area contributed by atoms with Crippen LogP contribution in [0.15, 0.2) is 164 Å². The van der Waals surface area contributed by atoms with Crippen molar-refractivity contribution in [3.63, 3.8) is 0 Å². The van der Waals surface area contributed by atoms with Gasteiger partial charge >= 0.3 is 0 Å². The van der Waals surface area contributed by atoms with E-state index in [1.54, 1.807) is 0 Å². The molecular weight excluding hydrogens is 571 g/mol. The monoisotopic (exact) mass is 597 g/mol. The number of fused-ring (bicyclic) bond motifs is 9. The van der Waals surface area contributed by atoms with Gasteiger partial charge in [0.1, 0.15) is 0 Å². The Morgan fingerprint density at radius 1 is 0.383 bits per heavy atom. The summed E-state index contributed by atoms with van der Waals surface area (Å²) >= 11 is 0. The molecule has 3 heteroatoms. The fraction of sp³-hybridized carbons (Fsp3) is 0. The van der Waals surface area contributed by atoms with E-state index in [-0.39, 0.29) is 0 Å². The lowest BCUT2D eigenvalue weighted by Gasteiger charge is -2.12. The molecule has 0 amide bonds. The predicted molar refractivity (Wildman–Crippen MR) is 197 cm³/mol. The van der Waals surface area contributed by atoms with Gasteiger partial charge in [-0.3, -0.25) is 0 Å². The molecule has 8 aromatic carbocycles. The maximum Gasteiger partial charge on any atom is 0.160 e. The molecule has 0 saturated carbocycles. The van der Waals surface area contributed by atoms with Crippen molar-refractivity contribution in [1.82, 2.24) is 14.5 Å².